The van der Waals surface area contributed by atoms with Crippen LogP contribution < -0.4 is 0 Å². The monoisotopic (exact) mass is 229 g/mol. The molecule has 1 amide bonds. The molecule has 1 N–H and O–H groups in total. The van der Waals surface area contributed by atoms with Crippen LogP contribution in [0.1, 0.15) is 33.1 Å². The molecule has 1 saturated heterocycles. The first-order chi connectivity index (χ1) is 7.47. The van der Waals surface area contributed by atoms with Crippen LogP contribution in [-0.2, 0) is 14.3 Å². The van der Waals surface area contributed by atoms with E-state index in [1.807, 2.05) is 13.8 Å². The molecule has 1 rings (SSSR count). The second-order valence-corrected chi connectivity index (χ2v) is 4.24. The maximum atomic E-state index is 11.9. The fraction of sp³-hybridized carbons (Fsp3) is 0.818. The molecule has 1 aliphatic rings. The molecule has 0 aliphatic carbocycles. The second-order valence-electron chi connectivity index (χ2n) is 4.24. The highest BCUT2D eigenvalue weighted by molar-refractivity contribution is 5.82. The van der Waals surface area contributed by atoms with Gasteiger partial charge in [0.05, 0.1) is 0 Å². The number of aliphatic carboxylic acids is 1. The van der Waals surface area contributed by atoms with E-state index in [-0.39, 0.29) is 11.9 Å². The Balaban J connectivity index is 2.54. The molecule has 1 fully saturated rings. The van der Waals surface area contributed by atoms with Crippen LogP contribution in [0.3, 0.4) is 0 Å². The lowest BCUT2D eigenvalue weighted by Crippen LogP contribution is -2.41. The van der Waals surface area contributed by atoms with Gasteiger partial charge in [0.2, 0.25) is 0 Å². The molecule has 1 unspecified atom stereocenters. The fourth-order valence-electron chi connectivity index (χ4n) is 1.72. The molecule has 92 valence electrons. The Morgan fingerprint density at radius 1 is 1.44 bits per heavy atom. The summed E-state index contributed by atoms with van der Waals surface area (Å²) >= 11 is 0. The highest BCUT2D eigenvalue weighted by Gasteiger charge is 2.36. The van der Waals surface area contributed by atoms with E-state index >= 15 is 0 Å². The molecular weight excluding hydrogens is 210 g/mol. The van der Waals surface area contributed by atoms with Crippen LogP contribution in [0.2, 0.25) is 0 Å². The van der Waals surface area contributed by atoms with Crippen molar-refractivity contribution in [2.75, 3.05) is 7.05 Å². The van der Waals surface area contributed by atoms with Crippen LogP contribution in [0.25, 0.3) is 0 Å². The van der Waals surface area contributed by atoms with Crippen molar-refractivity contribution < 1.29 is 19.4 Å². The van der Waals surface area contributed by atoms with Crippen molar-refractivity contribution in [3.8, 4) is 0 Å². The number of likely N-dealkylation sites (N-methyl/N-ethyl adjacent to an activating group) is 1. The van der Waals surface area contributed by atoms with Crippen molar-refractivity contribution in [3.63, 3.8) is 0 Å². The zero-order valence-electron chi connectivity index (χ0n) is 9.97. The molecular formula is C11H19NO4. The summed E-state index contributed by atoms with van der Waals surface area (Å²) in [4.78, 5) is 24.2. The van der Waals surface area contributed by atoms with Crippen LogP contribution in [0.5, 0.6) is 0 Å². The van der Waals surface area contributed by atoms with Gasteiger partial charge < -0.3 is 14.7 Å². The molecule has 0 saturated carbocycles. The van der Waals surface area contributed by atoms with E-state index in [1.54, 1.807) is 11.9 Å². The summed E-state index contributed by atoms with van der Waals surface area (Å²) in [5.74, 6) is -1.10. The number of hydrogen-bond donors (Lipinski definition) is 1. The molecule has 1 heterocycles. The molecule has 1 aliphatic heterocycles. The quantitative estimate of drug-likeness (QED) is 0.777. The van der Waals surface area contributed by atoms with E-state index in [0.717, 1.165) is 6.42 Å². The van der Waals surface area contributed by atoms with Gasteiger partial charge >= 0.3 is 5.97 Å². The molecule has 0 spiro atoms. The smallest absolute Gasteiger partial charge is 0.332 e. The third-order valence-corrected chi connectivity index (χ3v) is 3.17. The number of carbonyl (C=O) groups excluding carboxylic acids is 1. The molecule has 0 aromatic rings. The predicted octanol–water partition coefficient (Wildman–Crippen LogP) is 0.875. The van der Waals surface area contributed by atoms with Crippen LogP contribution in [-0.4, -0.2) is 47.2 Å². The highest BCUT2D eigenvalue weighted by Crippen LogP contribution is 2.22. The number of carboxylic acid groups (broad SMARTS) is 1. The number of ether oxygens (including phenoxy) is 1. The lowest BCUT2D eigenvalue weighted by atomic mass is 10.1. The molecule has 16 heavy (non-hydrogen) atoms. The Kier molecular flexibility index (Phi) is 4.29. The van der Waals surface area contributed by atoms with Crippen LogP contribution >= 0.6 is 0 Å². The van der Waals surface area contributed by atoms with Gasteiger partial charge in [-0.25, -0.2) is 4.79 Å². The van der Waals surface area contributed by atoms with Crippen molar-refractivity contribution in [2.45, 2.75) is 51.4 Å². The van der Waals surface area contributed by atoms with Gasteiger partial charge in [-0.2, -0.15) is 0 Å². The maximum absolute atomic E-state index is 11.9. The van der Waals surface area contributed by atoms with Gasteiger partial charge in [0.25, 0.3) is 5.91 Å². The SMILES string of the molecule is CCC(C)N(C)C(=O)[C@@H]1CC[C@H](C(=O)O)O1. The Hall–Kier alpha value is -1.10. The van der Waals surface area contributed by atoms with Crippen molar-refractivity contribution in [1.82, 2.24) is 4.90 Å². The van der Waals surface area contributed by atoms with Gasteiger partial charge in [0, 0.05) is 13.1 Å². The van der Waals surface area contributed by atoms with Gasteiger partial charge in [-0.1, -0.05) is 6.92 Å². The second kappa shape index (κ2) is 5.30. The Labute approximate surface area is 95.4 Å². The molecule has 0 bridgehead atoms. The highest BCUT2D eigenvalue weighted by atomic mass is 16.5. The van der Waals surface area contributed by atoms with Gasteiger partial charge in [-0.15, -0.1) is 0 Å². The third-order valence-electron chi connectivity index (χ3n) is 3.17. The Morgan fingerprint density at radius 2 is 2.00 bits per heavy atom. The molecule has 5 nitrogen and oxygen atoms in total. The molecule has 0 aromatic heterocycles. The van der Waals surface area contributed by atoms with E-state index in [1.165, 1.54) is 0 Å². The average Bonchev–Trinajstić information content (AvgIpc) is 2.75. The first kappa shape index (κ1) is 13.0. The summed E-state index contributed by atoms with van der Waals surface area (Å²) in [5.41, 5.74) is 0. The van der Waals surface area contributed by atoms with Crippen LogP contribution in [0, 0.1) is 0 Å². The summed E-state index contributed by atoms with van der Waals surface area (Å²) < 4.78 is 5.21. The summed E-state index contributed by atoms with van der Waals surface area (Å²) in [6.45, 7) is 3.96. The number of carbonyl (C=O) groups is 2. The Morgan fingerprint density at radius 3 is 2.44 bits per heavy atom. The Bertz CT molecular complexity index is 279. The topological polar surface area (TPSA) is 66.8 Å². The zero-order valence-corrected chi connectivity index (χ0v) is 9.97. The minimum atomic E-state index is -0.985. The van der Waals surface area contributed by atoms with Gasteiger partial charge in [0.15, 0.2) is 6.10 Å². The van der Waals surface area contributed by atoms with E-state index in [0.29, 0.717) is 12.8 Å². The summed E-state index contributed by atoms with van der Waals surface area (Å²) in [7, 11) is 1.73. The largest absolute Gasteiger partial charge is 0.479 e. The lowest BCUT2D eigenvalue weighted by molar-refractivity contribution is -0.155. The summed E-state index contributed by atoms with van der Waals surface area (Å²) in [5, 5.41) is 8.76. The number of hydrogen-bond acceptors (Lipinski definition) is 3. The van der Waals surface area contributed by atoms with Crippen molar-refractivity contribution in [2.24, 2.45) is 0 Å². The van der Waals surface area contributed by atoms with E-state index in [9.17, 15) is 9.59 Å². The average molecular weight is 229 g/mol. The van der Waals surface area contributed by atoms with Gasteiger partial charge in [-0.05, 0) is 26.2 Å². The van der Waals surface area contributed by atoms with Gasteiger partial charge in [0.1, 0.15) is 6.10 Å². The number of carboxylic acids is 1. The fourth-order valence-corrected chi connectivity index (χ4v) is 1.72. The van der Waals surface area contributed by atoms with Crippen molar-refractivity contribution in [3.05, 3.63) is 0 Å². The number of rotatable bonds is 4. The molecule has 3 atom stereocenters. The number of nitrogens with zero attached hydrogens (tertiary/aromatic N) is 1. The van der Waals surface area contributed by atoms with Crippen molar-refractivity contribution >= 4 is 11.9 Å². The lowest BCUT2D eigenvalue weighted by Gasteiger charge is -2.26. The molecule has 5 heteroatoms. The summed E-state index contributed by atoms with van der Waals surface area (Å²) in [6, 6.07) is 0.153. The standard InChI is InChI=1S/C11H19NO4/c1-4-7(2)12(3)10(13)8-5-6-9(16-8)11(14)15/h7-9H,4-6H2,1-3H3,(H,14,15)/t7?,8-,9+/m0/s1. The number of amides is 1. The maximum Gasteiger partial charge on any atom is 0.332 e. The minimum absolute atomic E-state index is 0.113. The van der Waals surface area contributed by atoms with Crippen molar-refractivity contribution in [1.29, 1.82) is 0 Å². The third kappa shape index (κ3) is 2.72. The first-order valence-electron chi connectivity index (χ1n) is 5.62. The van der Waals surface area contributed by atoms with Crippen LogP contribution in [0.15, 0.2) is 0 Å². The van der Waals surface area contributed by atoms with E-state index < -0.39 is 18.2 Å². The van der Waals surface area contributed by atoms with E-state index in [4.69, 9.17) is 9.84 Å². The van der Waals surface area contributed by atoms with Crippen LogP contribution in [0.4, 0.5) is 0 Å². The zero-order chi connectivity index (χ0) is 12.3. The predicted molar refractivity (Wildman–Crippen MR) is 58.1 cm³/mol. The first-order valence-corrected chi connectivity index (χ1v) is 5.62. The molecule has 0 aromatic carbocycles. The normalized spacial score (nSPS) is 26.4. The molecule has 0 radical (unpaired) electrons. The van der Waals surface area contributed by atoms with E-state index in [2.05, 4.69) is 0 Å². The minimum Gasteiger partial charge on any atom is -0.479 e. The summed E-state index contributed by atoms with van der Waals surface area (Å²) in [6.07, 6.45) is 0.382. The van der Waals surface area contributed by atoms with Gasteiger partial charge in [-0.3, -0.25) is 4.79 Å².